The third-order valence-corrected chi connectivity index (χ3v) is 7.10. The van der Waals surface area contributed by atoms with Crippen LogP contribution in [0.3, 0.4) is 0 Å². The normalized spacial score (nSPS) is 21.2. The number of halogens is 1. The van der Waals surface area contributed by atoms with Crippen LogP contribution in [0.1, 0.15) is 25.0 Å². The molecular weight excluding hydrogens is 456 g/mol. The Morgan fingerprint density at radius 2 is 1.90 bits per heavy atom. The topological polar surface area (TPSA) is 97.3 Å². The fourth-order valence-electron chi connectivity index (χ4n) is 3.51. The maximum atomic E-state index is 12.1. The van der Waals surface area contributed by atoms with E-state index in [-0.39, 0.29) is 5.75 Å². The lowest BCUT2D eigenvalue weighted by atomic mass is 9.82. The maximum Gasteiger partial charge on any atom is 0.311 e. The molecule has 29 heavy (non-hydrogen) atoms. The van der Waals surface area contributed by atoms with Crippen molar-refractivity contribution in [1.29, 1.82) is 0 Å². The average molecular weight is 477 g/mol. The molecule has 0 radical (unpaired) electrons. The van der Waals surface area contributed by atoms with Gasteiger partial charge >= 0.3 is 10.1 Å². The van der Waals surface area contributed by atoms with E-state index in [4.69, 9.17) is 19.9 Å². The van der Waals surface area contributed by atoms with Crippen LogP contribution in [-0.4, -0.2) is 43.5 Å². The second-order valence-electron chi connectivity index (χ2n) is 7.20. The summed E-state index contributed by atoms with van der Waals surface area (Å²) in [6.45, 7) is 4.49. The van der Waals surface area contributed by atoms with Gasteiger partial charge in [0.15, 0.2) is 11.5 Å². The van der Waals surface area contributed by atoms with Crippen LogP contribution in [0.15, 0.2) is 63.0 Å². The molecule has 2 heterocycles. The van der Waals surface area contributed by atoms with Crippen LogP contribution in [0, 0.1) is 0 Å². The van der Waals surface area contributed by atoms with Gasteiger partial charge in [0.1, 0.15) is 11.6 Å². The first-order valence-electron chi connectivity index (χ1n) is 9.22. The number of amidine groups is 1. The molecule has 152 valence electrons. The van der Waals surface area contributed by atoms with Crippen molar-refractivity contribution < 1.29 is 12.6 Å². The van der Waals surface area contributed by atoms with E-state index < -0.39 is 20.9 Å². The van der Waals surface area contributed by atoms with Gasteiger partial charge in [0.25, 0.3) is 0 Å². The number of nitrogens with two attached hydrogens (primary N) is 1. The first-order valence-corrected chi connectivity index (χ1v) is 11.5. The van der Waals surface area contributed by atoms with E-state index in [1.807, 2.05) is 41.3 Å². The molecule has 0 aromatic heterocycles. The smallest absolute Gasteiger partial charge is 0.311 e. The molecule has 2 aliphatic heterocycles. The third kappa shape index (κ3) is 3.32. The third-order valence-electron chi connectivity index (χ3n) is 5.03. The summed E-state index contributed by atoms with van der Waals surface area (Å²) in [7, 11) is -3.66. The largest absolute Gasteiger partial charge is 0.382 e. The van der Waals surface area contributed by atoms with Crippen molar-refractivity contribution in [3.05, 3.63) is 64.1 Å². The van der Waals surface area contributed by atoms with Crippen molar-refractivity contribution in [3.8, 4) is 5.75 Å². The lowest BCUT2D eigenvalue weighted by molar-refractivity contribution is 0.477. The minimum atomic E-state index is -3.66. The van der Waals surface area contributed by atoms with Crippen molar-refractivity contribution in [1.82, 2.24) is 4.90 Å². The predicted molar refractivity (Wildman–Crippen MR) is 117 cm³/mol. The molecule has 1 unspecified atom stereocenters. The quantitative estimate of drug-likeness (QED) is 0.668. The number of hydrogen-bond donors (Lipinski definition) is 1. The highest BCUT2D eigenvalue weighted by molar-refractivity contribution is 9.10. The Kier molecular flexibility index (Phi) is 4.90. The molecule has 2 aliphatic rings. The van der Waals surface area contributed by atoms with Gasteiger partial charge in [0.05, 0.1) is 11.8 Å². The van der Waals surface area contributed by atoms with Crippen LogP contribution in [0.4, 0.5) is 0 Å². The van der Waals surface area contributed by atoms with Crippen LogP contribution >= 0.6 is 15.9 Å². The highest BCUT2D eigenvalue weighted by atomic mass is 79.9. The number of benzene rings is 2. The van der Waals surface area contributed by atoms with E-state index in [1.165, 1.54) is 0 Å². The molecular formula is C20H21BrN4O3S. The summed E-state index contributed by atoms with van der Waals surface area (Å²) >= 11 is 3.53. The second-order valence-corrected chi connectivity index (χ2v) is 10.2. The lowest BCUT2D eigenvalue weighted by Crippen LogP contribution is -2.41. The standard InChI is InChI=1S/C20H21BrN4O3S/c1-13(2)29(26,27)28-17-8-6-14(7-9-17)20(15-4-3-5-16(21)12-15)18-23-10-11-25(18)19(22)24-20/h3-9,12-13H,10-11H2,1-2H3,(H2,22,24). The molecule has 1 atom stereocenters. The maximum absolute atomic E-state index is 12.1. The van der Waals surface area contributed by atoms with Gasteiger partial charge in [-0.25, -0.2) is 4.99 Å². The molecule has 0 saturated heterocycles. The van der Waals surface area contributed by atoms with Gasteiger partial charge in [0, 0.05) is 11.0 Å². The molecule has 0 amide bonds. The molecule has 0 bridgehead atoms. The van der Waals surface area contributed by atoms with E-state index in [0.717, 1.165) is 21.4 Å². The number of fused-ring (bicyclic) bond motifs is 1. The molecule has 0 saturated carbocycles. The Labute approximate surface area is 178 Å². The summed E-state index contributed by atoms with van der Waals surface area (Å²) in [6, 6.07) is 14.8. The van der Waals surface area contributed by atoms with E-state index in [1.54, 1.807) is 26.0 Å². The van der Waals surface area contributed by atoms with Crippen molar-refractivity contribution in [3.63, 3.8) is 0 Å². The number of hydrogen-bond acceptors (Lipinski definition) is 7. The summed E-state index contributed by atoms with van der Waals surface area (Å²) in [6.07, 6.45) is 0. The van der Waals surface area contributed by atoms with Gasteiger partial charge < -0.3 is 9.92 Å². The van der Waals surface area contributed by atoms with Crippen molar-refractivity contribution >= 4 is 37.8 Å². The minimum absolute atomic E-state index is 0.256. The molecule has 2 N–H and O–H groups in total. The van der Waals surface area contributed by atoms with E-state index in [2.05, 4.69) is 15.9 Å². The Morgan fingerprint density at radius 3 is 2.55 bits per heavy atom. The fourth-order valence-corrected chi connectivity index (χ4v) is 4.48. The average Bonchev–Trinajstić information content (AvgIpc) is 3.26. The Morgan fingerprint density at radius 1 is 1.17 bits per heavy atom. The molecule has 0 fully saturated rings. The molecule has 4 rings (SSSR count). The van der Waals surface area contributed by atoms with Gasteiger partial charge in [0.2, 0.25) is 0 Å². The van der Waals surface area contributed by atoms with Crippen molar-refractivity contribution in [2.75, 3.05) is 13.1 Å². The molecule has 9 heteroatoms. The zero-order chi connectivity index (χ0) is 20.8. The molecule has 0 aliphatic carbocycles. The zero-order valence-corrected chi connectivity index (χ0v) is 18.4. The van der Waals surface area contributed by atoms with Gasteiger partial charge in [-0.1, -0.05) is 40.2 Å². The highest BCUT2D eigenvalue weighted by Gasteiger charge is 2.49. The van der Waals surface area contributed by atoms with Crippen LogP contribution in [0.2, 0.25) is 0 Å². The second kappa shape index (κ2) is 7.14. The molecule has 7 nitrogen and oxygen atoms in total. The fraction of sp³-hybridized carbons (Fsp3) is 0.300. The first-order chi connectivity index (χ1) is 13.7. The summed E-state index contributed by atoms with van der Waals surface area (Å²) in [5.74, 6) is 1.45. The van der Waals surface area contributed by atoms with Crippen molar-refractivity contribution in [2.45, 2.75) is 24.6 Å². The summed E-state index contributed by atoms with van der Waals surface area (Å²) in [4.78, 5) is 11.4. The number of aliphatic imine (C=N–C) groups is 2. The van der Waals surface area contributed by atoms with Crippen LogP contribution in [-0.2, 0) is 15.7 Å². The SMILES string of the molecule is CC(C)S(=O)(=O)Oc1ccc(C2(c3cccc(Br)c3)N=C(N)N3CCN=C32)cc1. The van der Waals surface area contributed by atoms with Crippen molar-refractivity contribution in [2.24, 2.45) is 15.7 Å². The Hall–Kier alpha value is -2.39. The molecule has 2 aromatic carbocycles. The van der Waals surface area contributed by atoms with Crippen LogP contribution in [0.25, 0.3) is 0 Å². The van der Waals surface area contributed by atoms with E-state index >= 15 is 0 Å². The Balaban J connectivity index is 1.82. The van der Waals surface area contributed by atoms with E-state index in [0.29, 0.717) is 19.0 Å². The van der Waals surface area contributed by atoms with Gasteiger partial charge in [-0.3, -0.25) is 9.89 Å². The van der Waals surface area contributed by atoms with Crippen LogP contribution in [0.5, 0.6) is 5.75 Å². The van der Waals surface area contributed by atoms with Gasteiger partial charge in [-0.05, 0) is 49.2 Å². The Bertz CT molecular complexity index is 1110. The predicted octanol–water partition coefficient (Wildman–Crippen LogP) is 2.85. The monoisotopic (exact) mass is 476 g/mol. The first kappa shape index (κ1) is 19.9. The minimum Gasteiger partial charge on any atom is -0.382 e. The number of nitrogens with zero attached hydrogens (tertiary/aromatic N) is 3. The zero-order valence-electron chi connectivity index (χ0n) is 16.0. The molecule has 0 spiro atoms. The van der Waals surface area contributed by atoms with E-state index in [9.17, 15) is 8.42 Å². The van der Waals surface area contributed by atoms with Gasteiger partial charge in [-0.2, -0.15) is 8.42 Å². The summed E-state index contributed by atoms with van der Waals surface area (Å²) < 4.78 is 30.3. The van der Waals surface area contributed by atoms with Crippen LogP contribution < -0.4 is 9.92 Å². The summed E-state index contributed by atoms with van der Waals surface area (Å²) in [5.41, 5.74) is 7.09. The molecule has 2 aromatic rings. The summed E-state index contributed by atoms with van der Waals surface area (Å²) in [5, 5.41) is -0.629. The number of guanidine groups is 1. The van der Waals surface area contributed by atoms with Gasteiger partial charge in [-0.15, -0.1) is 0 Å². The number of rotatable bonds is 5. The highest BCUT2D eigenvalue weighted by Crippen LogP contribution is 2.42. The lowest BCUT2D eigenvalue weighted by Gasteiger charge is -2.28.